The Bertz CT molecular complexity index is 522. The summed E-state index contributed by atoms with van der Waals surface area (Å²) >= 11 is 0. The summed E-state index contributed by atoms with van der Waals surface area (Å²) in [6.07, 6.45) is 1.98. The molecule has 0 bridgehead atoms. The van der Waals surface area contributed by atoms with Gasteiger partial charge in [0, 0.05) is 11.8 Å². The van der Waals surface area contributed by atoms with Crippen molar-refractivity contribution in [2.24, 2.45) is 0 Å². The van der Waals surface area contributed by atoms with Crippen molar-refractivity contribution in [3.8, 4) is 5.88 Å². The molecule has 23 heavy (non-hydrogen) atoms. The molecule has 0 aliphatic carbocycles. The Labute approximate surface area is 140 Å². The first kappa shape index (κ1) is 20.1. The van der Waals surface area contributed by atoms with Crippen LogP contribution >= 0.6 is 0 Å². The summed E-state index contributed by atoms with van der Waals surface area (Å²) in [5.74, 6) is 0.432. The molecule has 0 spiro atoms. The van der Waals surface area contributed by atoms with E-state index in [0.717, 1.165) is 0 Å². The number of hydrogen-bond acceptors (Lipinski definition) is 5. The Morgan fingerprint density at radius 1 is 1.26 bits per heavy atom. The summed E-state index contributed by atoms with van der Waals surface area (Å²) in [6.45, 7) is 12.7. The van der Waals surface area contributed by atoms with Gasteiger partial charge in [-0.15, -0.1) is 0 Å². The Morgan fingerprint density at radius 3 is 2.30 bits per heavy atom. The molecule has 0 radical (unpaired) electrons. The minimum Gasteiger partial charge on any atom is -0.481 e. The molecule has 2 N–H and O–H groups in total. The van der Waals surface area contributed by atoms with Gasteiger partial charge in [-0.05, 0) is 36.2 Å². The standard InChI is InChI=1S/C17H31NO4Si/c1-8-17(20,12-19)14-9-10-18-15(21-5)13(14)11-22-23(6,7)16(2,3)4/h9-10,19-20H,8,11-12H2,1-7H3/t17-/m1/s1. The van der Waals surface area contributed by atoms with Crippen molar-refractivity contribution in [3.05, 3.63) is 23.4 Å². The first-order valence-corrected chi connectivity index (χ1v) is 10.9. The maximum Gasteiger partial charge on any atom is 0.218 e. The summed E-state index contributed by atoms with van der Waals surface area (Å²) in [6, 6.07) is 1.73. The van der Waals surface area contributed by atoms with Gasteiger partial charge in [0.25, 0.3) is 0 Å². The number of rotatable bonds is 7. The molecule has 0 saturated heterocycles. The number of pyridine rings is 1. The third-order valence-electron chi connectivity index (χ3n) is 4.94. The lowest BCUT2D eigenvalue weighted by atomic mass is 9.89. The summed E-state index contributed by atoms with van der Waals surface area (Å²) < 4.78 is 11.6. The van der Waals surface area contributed by atoms with Gasteiger partial charge in [0.15, 0.2) is 8.32 Å². The van der Waals surface area contributed by atoms with Crippen LogP contribution in [0.3, 0.4) is 0 Å². The number of ether oxygens (including phenoxy) is 1. The van der Waals surface area contributed by atoms with E-state index in [2.05, 4.69) is 38.8 Å². The Morgan fingerprint density at radius 2 is 1.87 bits per heavy atom. The second-order valence-electron chi connectivity index (χ2n) is 7.44. The van der Waals surface area contributed by atoms with Crippen molar-refractivity contribution in [2.45, 2.75) is 64.5 Å². The van der Waals surface area contributed by atoms with E-state index < -0.39 is 13.9 Å². The minimum absolute atomic E-state index is 0.0840. The fourth-order valence-corrected chi connectivity index (χ4v) is 3.02. The van der Waals surface area contributed by atoms with Crippen molar-refractivity contribution in [3.63, 3.8) is 0 Å². The Hall–Kier alpha value is -0.953. The molecule has 132 valence electrons. The fourth-order valence-electron chi connectivity index (χ4n) is 2.08. The van der Waals surface area contributed by atoms with Crippen LogP contribution in [0.1, 0.15) is 45.2 Å². The minimum atomic E-state index is -1.95. The van der Waals surface area contributed by atoms with Crippen molar-refractivity contribution >= 4 is 8.32 Å². The van der Waals surface area contributed by atoms with Crippen LogP contribution < -0.4 is 4.74 Å². The number of aromatic nitrogens is 1. The fraction of sp³-hybridized carbons (Fsp3) is 0.706. The molecule has 0 amide bonds. The number of hydrogen-bond donors (Lipinski definition) is 2. The SMILES string of the molecule is CC[C@@](O)(CO)c1ccnc(OC)c1CO[Si](C)(C)C(C)(C)C. The molecule has 0 fully saturated rings. The zero-order valence-electron chi connectivity index (χ0n) is 15.4. The van der Waals surface area contributed by atoms with Crippen LogP contribution in [0.15, 0.2) is 12.3 Å². The Balaban J connectivity index is 3.24. The maximum absolute atomic E-state index is 10.7. The maximum atomic E-state index is 10.7. The number of methoxy groups -OCH3 is 1. The average molecular weight is 342 g/mol. The molecule has 1 aromatic rings. The van der Waals surface area contributed by atoms with Crippen LogP contribution in [0.4, 0.5) is 0 Å². The highest BCUT2D eigenvalue weighted by Crippen LogP contribution is 2.39. The van der Waals surface area contributed by atoms with Crippen molar-refractivity contribution in [1.82, 2.24) is 4.98 Å². The predicted octanol–water partition coefficient (Wildman–Crippen LogP) is 3.20. The van der Waals surface area contributed by atoms with Crippen LogP contribution in [0.2, 0.25) is 18.1 Å². The van der Waals surface area contributed by atoms with E-state index in [1.807, 2.05) is 6.92 Å². The molecule has 0 aromatic carbocycles. The van der Waals surface area contributed by atoms with Gasteiger partial charge in [0.1, 0.15) is 5.60 Å². The largest absolute Gasteiger partial charge is 0.481 e. The molecule has 0 aliphatic rings. The monoisotopic (exact) mass is 341 g/mol. The van der Waals surface area contributed by atoms with Crippen molar-refractivity contribution < 1.29 is 19.4 Å². The van der Waals surface area contributed by atoms with Gasteiger partial charge in [0.2, 0.25) is 5.88 Å². The zero-order valence-corrected chi connectivity index (χ0v) is 16.4. The van der Waals surface area contributed by atoms with Crippen LogP contribution in [0.25, 0.3) is 0 Å². The third kappa shape index (κ3) is 4.32. The lowest BCUT2D eigenvalue weighted by Gasteiger charge is -2.37. The van der Waals surface area contributed by atoms with Gasteiger partial charge in [-0.2, -0.15) is 0 Å². The molecule has 0 saturated carbocycles. The van der Waals surface area contributed by atoms with Crippen LogP contribution in [0.5, 0.6) is 5.88 Å². The van der Waals surface area contributed by atoms with E-state index in [0.29, 0.717) is 30.0 Å². The molecule has 5 nitrogen and oxygen atoms in total. The number of aliphatic hydroxyl groups excluding tert-OH is 1. The highest BCUT2D eigenvalue weighted by atomic mass is 28.4. The lowest BCUT2D eigenvalue weighted by molar-refractivity contribution is -0.0238. The molecule has 6 heteroatoms. The van der Waals surface area contributed by atoms with E-state index in [1.54, 1.807) is 19.4 Å². The second kappa shape index (κ2) is 7.30. The predicted molar refractivity (Wildman–Crippen MR) is 94.0 cm³/mol. The van der Waals surface area contributed by atoms with Gasteiger partial charge in [-0.25, -0.2) is 4.98 Å². The van der Waals surface area contributed by atoms with Crippen LogP contribution in [-0.4, -0.2) is 37.2 Å². The normalized spacial score (nSPS) is 15.3. The first-order chi connectivity index (χ1) is 10.5. The molecule has 1 rings (SSSR count). The van der Waals surface area contributed by atoms with E-state index in [1.165, 1.54) is 0 Å². The summed E-state index contributed by atoms with van der Waals surface area (Å²) in [5.41, 5.74) is 0.00814. The van der Waals surface area contributed by atoms with Crippen molar-refractivity contribution in [2.75, 3.05) is 13.7 Å². The van der Waals surface area contributed by atoms with E-state index in [4.69, 9.17) is 9.16 Å². The first-order valence-electron chi connectivity index (χ1n) is 8.02. The van der Waals surface area contributed by atoms with Gasteiger partial charge in [-0.1, -0.05) is 27.7 Å². The lowest BCUT2D eigenvalue weighted by Crippen LogP contribution is -2.41. The summed E-state index contributed by atoms with van der Waals surface area (Å²) in [4.78, 5) is 4.22. The quantitative estimate of drug-likeness (QED) is 0.745. The molecule has 0 aliphatic heterocycles. The molecular formula is C17H31NO4Si. The second-order valence-corrected chi connectivity index (χ2v) is 12.2. The zero-order chi connectivity index (χ0) is 17.9. The number of nitrogens with zero attached hydrogens (tertiary/aromatic N) is 1. The third-order valence-corrected chi connectivity index (χ3v) is 9.42. The van der Waals surface area contributed by atoms with Gasteiger partial charge >= 0.3 is 0 Å². The van der Waals surface area contributed by atoms with E-state index >= 15 is 0 Å². The van der Waals surface area contributed by atoms with Crippen LogP contribution in [-0.2, 0) is 16.6 Å². The van der Waals surface area contributed by atoms with Gasteiger partial charge < -0.3 is 19.4 Å². The molecule has 1 atom stereocenters. The molecule has 0 unspecified atom stereocenters. The van der Waals surface area contributed by atoms with Gasteiger partial charge in [-0.3, -0.25) is 0 Å². The highest BCUT2D eigenvalue weighted by Gasteiger charge is 2.38. The highest BCUT2D eigenvalue weighted by molar-refractivity contribution is 6.74. The van der Waals surface area contributed by atoms with E-state index in [-0.39, 0.29) is 11.6 Å². The number of aliphatic hydroxyl groups is 2. The topological polar surface area (TPSA) is 71.8 Å². The summed E-state index contributed by atoms with van der Waals surface area (Å²) in [7, 11) is -0.406. The smallest absolute Gasteiger partial charge is 0.218 e. The average Bonchev–Trinajstić information content (AvgIpc) is 2.50. The Kier molecular flexibility index (Phi) is 6.37. The van der Waals surface area contributed by atoms with Gasteiger partial charge in [0.05, 0.1) is 20.3 Å². The van der Waals surface area contributed by atoms with Crippen molar-refractivity contribution in [1.29, 1.82) is 0 Å². The molecular weight excluding hydrogens is 310 g/mol. The molecule has 1 heterocycles. The van der Waals surface area contributed by atoms with E-state index in [9.17, 15) is 10.2 Å². The van der Waals surface area contributed by atoms with Crippen LogP contribution in [0, 0.1) is 0 Å². The molecule has 1 aromatic heterocycles. The summed E-state index contributed by atoms with van der Waals surface area (Å²) in [5, 5.41) is 20.4.